The number of hydrogen-bond donors (Lipinski definition) is 0. The molecule has 0 N–H and O–H groups in total. The lowest BCUT2D eigenvalue weighted by molar-refractivity contribution is 0.0580. The second-order valence-electron chi connectivity index (χ2n) is 8.78. The maximum Gasteiger partial charge on any atom is 0.272 e. The van der Waals surface area contributed by atoms with Crippen molar-refractivity contribution < 1.29 is 4.79 Å². The van der Waals surface area contributed by atoms with Gasteiger partial charge in [-0.1, -0.05) is 44.2 Å². The van der Waals surface area contributed by atoms with Crippen LogP contribution in [-0.4, -0.2) is 61.2 Å². The van der Waals surface area contributed by atoms with Gasteiger partial charge in [-0.25, -0.2) is 4.98 Å². The van der Waals surface area contributed by atoms with E-state index >= 15 is 0 Å². The molecule has 0 spiro atoms. The number of benzene rings is 1. The van der Waals surface area contributed by atoms with Gasteiger partial charge < -0.3 is 9.47 Å². The Morgan fingerprint density at radius 2 is 1.77 bits per heavy atom. The largest absolute Gasteiger partial charge is 0.336 e. The minimum atomic E-state index is 0.0675. The van der Waals surface area contributed by atoms with E-state index in [1.807, 2.05) is 43.5 Å². The van der Waals surface area contributed by atoms with Crippen LogP contribution in [0.4, 0.5) is 0 Å². The van der Waals surface area contributed by atoms with E-state index in [9.17, 15) is 4.79 Å². The molecule has 0 radical (unpaired) electrons. The third kappa shape index (κ3) is 4.56. The minimum absolute atomic E-state index is 0.0675. The first kappa shape index (κ1) is 21.3. The molecule has 1 aromatic carbocycles. The standard InChI is InChI=1S/C24H32N6O/c1-18(2)16-20-17-21(28(4)26-20)24(31)30-14-12-29(13-15-30)22(19-8-6-5-7-9-19)23-25-10-11-27(23)3/h5-11,17-18,22H,12-16H2,1-4H3/t22-/m0/s1. The lowest BCUT2D eigenvalue weighted by atomic mass is 10.0. The molecule has 4 rings (SSSR count). The molecule has 1 atom stereocenters. The van der Waals surface area contributed by atoms with Crippen molar-refractivity contribution in [2.24, 2.45) is 20.0 Å². The number of piperazine rings is 1. The highest BCUT2D eigenvalue weighted by Crippen LogP contribution is 2.28. The average Bonchev–Trinajstić information content (AvgIpc) is 3.34. The van der Waals surface area contributed by atoms with Crippen LogP contribution in [0, 0.1) is 5.92 Å². The summed E-state index contributed by atoms with van der Waals surface area (Å²) in [6, 6.07) is 12.5. The third-order valence-corrected chi connectivity index (χ3v) is 5.95. The molecule has 7 nitrogen and oxygen atoms in total. The Labute approximate surface area is 184 Å². The molecular formula is C24H32N6O. The Hall–Kier alpha value is -2.93. The fraction of sp³-hybridized carbons (Fsp3) is 0.458. The van der Waals surface area contributed by atoms with Crippen molar-refractivity contribution in [1.29, 1.82) is 0 Å². The molecule has 1 saturated heterocycles. The summed E-state index contributed by atoms with van der Waals surface area (Å²) < 4.78 is 3.81. The van der Waals surface area contributed by atoms with Crippen molar-refractivity contribution in [1.82, 2.24) is 29.1 Å². The molecule has 1 aliphatic rings. The highest BCUT2D eigenvalue weighted by molar-refractivity contribution is 5.92. The molecule has 0 aliphatic carbocycles. The van der Waals surface area contributed by atoms with E-state index < -0.39 is 0 Å². The predicted molar refractivity (Wildman–Crippen MR) is 121 cm³/mol. The molecule has 7 heteroatoms. The second kappa shape index (κ2) is 9.06. The second-order valence-corrected chi connectivity index (χ2v) is 8.78. The van der Waals surface area contributed by atoms with E-state index in [2.05, 4.69) is 57.7 Å². The van der Waals surface area contributed by atoms with Gasteiger partial charge in [-0.2, -0.15) is 5.10 Å². The van der Waals surface area contributed by atoms with Crippen LogP contribution in [-0.2, 0) is 20.5 Å². The van der Waals surface area contributed by atoms with Crippen LogP contribution in [0.15, 0.2) is 48.8 Å². The molecule has 2 aromatic heterocycles. The van der Waals surface area contributed by atoms with Crippen molar-refractivity contribution in [3.8, 4) is 0 Å². The van der Waals surface area contributed by atoms with Gasteiger partial charge in [0, 0.05) is 52.7 Å². The molecule has 164 valence electrons. The summed E-state index contributed by atoms with van der Waals surface area (Å²) in [5.74, 6) is 1.61. The van der Waals surface area contributed by atoms with E-state index in [1.165, 1.54) is 5.56 Å². The molecule has 0 saturated carbocycles. The van der Waals surface area contributed by atoms with Gasteiger partial charge in [0.15, 0.2) is 0 Å². The first-order chi connectivity index (χ1) is 14.9. The van der Waals surface area contributed by atoms with Crippen LogP contribution in [0.25, 0.3) is 0 Å². The highest BCUT2D eigenvalue weighted by atomic mass is 16.2. The van der Waals surface area contributed by atoms with Crippen LogP contribution in [0.2, 0.25) is 0 Å². The van der Waals surface area contributed by atoms with E-state index in [-0.39, 0.29) is 11.9 Å². The molecule has 3 aromatic rings. The average molecular weight is 421 g/mol. The lowest BCUT2D eigenvalue weighted by Gasteiger charge is -2.39. The third-order valence-electron chi connectivity index (χ3n) is 5.95. The fourth-order valence-electron chi connectivity index (χ4n) is 4.39. The van der Waals surface area contributed by atoms with Gasteiger partial charge in [-0.3, -0.25) is 14.4 Å². The lowest BCUT2D eigenvalue weighted by Crippen LogP contribution is -2.50. The van der Waals surface area contributed by atoms with Gasteiger partial charge in [0.25, 0.3) is 5.91 Å². The normalized spacial score (nSPS) is 16.1. The van der Waals surface area contributed by atoms with Crippen LogP contribution in [0.3, 0.4) is 0 Å². The number of carbonyl (C=O) groups excluding carboxylic acids is 1. The van der Waals surface area contributed by atoms with Gasteiger partial charge in [-0.05, 0) is 24.0 Å². The zero-order valence-corrected chi connectivity index (χ0v) is 18.9. The van der Waals surface area contributed by atoms with Gasteiger partial charge in [0.2, 0.25) is 0 Å². The van der Waals surface area contributed by atoms with Crippen LogP contribution in [0.1, 0.15) is 47.5 Å². The first-order valence-electron chi connectivity index (χ1n) is 11.0. The van der Waals surface area contributed by atoms with Gasteiger partial charge in [0.05, 0.1) is 11.7 Å². The van der Waals surface area contributed by atoms with Crippen LogP contribution < -0.4 is 0 Å². The molecule has 1 amide bonds. The number of carbonyl (C=O) groups is 1. The number of imidazole rings is 1. The maximum atomic E-state index is 13.2. The van der Waals surface area contributed by atoms with Gasteiger partial charge in [0.1, 0.15) is 11.5 Å². The molecule has 1 aliphatic heterocycles. The minimum Gasteiger partial charge on any atom is -0.336 e. The fourth-order valence-corrected chi connectivity index (χ4v) is 4.39. The summed E-state index contributed by atoms with van der Waals surface area (Å²) in [6.07, 6.45) is 4.72. The highest BCUT2D eigenvalue weighted by Gasteiger charge is 2.31. The predicted octanol–water partition coefficient (Wildman–Crippen LogP) is 2.90. The summed E-state index contributed by atoms with van der Waals surface area (Å²) in [6.45, 7) is 7.32. The van der Waals surface area contributed by atoms with Crippen molar-refractivity contribution in [2.75, 3.05) is 26.2 Å². The van der Waals surface area contributed by atoms with Gasteiger partial charge in [-0.15, -0.1) is 0 Å². The Morgan fingerprint density at radius 1 is 1.06 bits per heavy atom. The molecule has 31 heavy (non-hydrogen) atoms. The van der Waals surface area contributed by atoms with E-state index in [0.29, 0.717) is 24.7 Å². The number of aryl methyl sites for hydroxylation is 2. The van der Waals surface area contributed by atoms with E-state index in [4.69, 9.17) is 0 Å². The Balaban J connectivity index is 1.49. The van der Waals surface area contributed by atoms with Crippen LogP contribution >= 0.6 is 0 Å². The van der Waals surface area contributed by atoms with Crippen molar-refractivity contribution in [2.45, 2.75) is 26.3 Å². The maximum absolute atomic E-state index is 13.2. The number of nitrogens with zero attached hydrogens (tertiary/aromatic N) is 6. The summed E-state index contributed by atoms with van der Waals surface area (Å²) >= 11 is 0. The summed E-state index contributed by atoms with van der Waals surface area (Å²) in [5.41, 5.74) is 2.88. The first-order valence-corrected chi connectivity index (χ1v) is 11.0. The number of hydrogen-bond acceptors (Lipinski definition) is 4. The molecule has 0 bridgehead atoms. The molecule has 1 fully saturated rings. The van der Waals surface area contributed by atoms with Crippen molar-refractivity contribution >= 4 is 5.91 Å². The number of amides is 1. The molecule has 3 heterocycles. The number of rotatable bonds is 6. The number of aromatic nitrogens is 4. The van der Waals surface area contributed by atoms with Crippen LogP contribution in [0.5, 0.6) is 0 Å². The Kier molecular flexibility index (Phi) is 6.23. The summed E-state index contributed by atoms with van der Waals surface area (Å²) in [4.78, 5) is 22.2. The summed E-state index contributed by atoms with van der Waals surface area (Å²) in [7, 11) is 3.90. The quantitative estimate of drug-likeness (QED) is 0.615. The Morgan fingerprint density at radius 3 is 2.39 bits per heavy atom. The van der Waals surface area contributed by atoms with E-state index in [0.717, 1.165) is 31.0 Å². The van der Waals surface area contributed by atoms with E-state index in [1.54, 1.807) is 4.68 Å². The smallest absolute Gasteiger partial charge is 0.272 e. The zero-order valence-electron chi connectivity index (χ0n) is 18.9. The SMILES string of the molecule is CC(C)Cc1cc(C(=O)N2CCN([C@@H](c3ccccc3)c3nccn3C)CC2)n(C)n1. The zero-order chi connectivity index (χ0) is 22.0. The van der Waals surface area contributed by atoms with Gasteiger partial charge >= 0.3 is 0 Å². The topological polar surface area (TPSA) is 59.2 Å². The summed E-state index contributed by atoms with van der Waals surface area (Å²) in [5, 5.41) is 4.54. The molecular weight excluding hydrogens is 388 g/mol. The van der Waals surface area contributed by atoms with Crippen molar-refractivity contribution in [3.63, 3.8) is 0 Å². The molecule has 0 unspecified atom stereocenters. The van der Waals surface area contributed by atoms with Crippen molar-refractivity contribution in [3.05, 3.63) is 71.6 Å². The monoisotopic (exact) mass is 420 g/mol. The Bertz CT molecular complexity index is 1010.